The molecular weight excluding hydrogens is 290 g/mol. The number of aromatic nitrogens is 1. The number of nitrogens with zero attached hydrogens (tertiary/aromatic N) is 2. The standard InChI is InChI=1S/C18H27N3O2/c1-12-8-16(20-13(2)17(12)15-9-19-10-15)11-21-6-4-14(5-7-21)18(22)23-3/h8,14-15,19H,4-7,9-11H2,1-3H3. The molecule has 2 aliphatic rings. The predicted octanol–water partition coefficient (Wildman–Crippen LogP) is 1.77. The number of rotatable bonds is 4. The molecular formula is C18H27N3O2. The third-order valence-corrected chi connectivity index (χ3v) is 5.21. The summed E-state index contributed by atoms with van der Waals surface area (Å²) >= 11 is 0. The van der Waals surface area contributed by atoms with Crippen LogP contribution in [0.25, 0.3) is 0 Å². The minimum Gasteiger partial charge on any atom is -0.469 e. The molecule has 1 N–H and O–H groups in total. The van der Waals surface area contributed by atoms with Crippen molar-refractivity contribution in [2.24, 2.45) is 5.92 Å². The molecule has 3 heterocycles. The molecule has 5 nitrogen and oxygen atoms in total. The van der Waals surface area contributed by atoms with Gasteiger partial charge in [-0.3, -0.25) is 14.7 Å². The SMILES string of the molecule is COC(=O)C1CCN(Cc2cc(C)c(C3CNC3)c(C)n2)CC1. The number of aryl methyl sites for hydroxylation is 2. The van der Waals surface area contributed by atoms with Crippen LogP contribution >= 0.6 is 0 Å². The van der Waals surface area contributed by atoms with E-state index in [0.29, 0.717) is 5.92 Å². The second-order valence-electron chi connectivity index (χ2n) is 6.86. The van der Waals surface area contributed by atoms with Crippen LogP contribution in [-0.4, -0.2) is 49.1 Å². The summed E-state index contributed by atoms with van der Waals surface area (Å²) in [5, 5.41) is 3.34. The molecule has 2 saturated heterocycles. The van der Waals surface area contributed by atoms with Crippen LogP contribution in [0.5, 0.6) is 0 Å². The van der Waals surface area contributed by atoms with E-state index in [9.17, 15) is 4.79 Å². The Morgan fingerprint density at radius 2 is 2.04 bits per heavy atom. The second-order valence-corrected chi connectivity index (χ2v) is 6.86. The lowest BCUT2D eigenvalue weighted by Gasteiger charge is -2.32. The highest BCUT2D eigenvalue weighted by Crippen LogP contribution is 2.27. The van der Waals surface area contributed by atoms with E-state index in [1.807, 2.05) is 0 Å². The minimum atomic E-state index is -0.0621. The number of piperidine rings is 1. The zero-order valence-electron chi connectivity index (χ0n) is 14.4. The Balaban J connectivity index is 1.62. The topological polar surface area (TPSA) is 54.5 Å². The normalized spacial score (nSPS) is 20.3. The van der Waals surface area contributed by atoms with E-state index in [2.05, 4.69) is 30.1 Å². The smallest absolute Gasteiger partial charge is 0.308 e. The molecule has 2 aliphatic heterocycles. The van der Waals surface area contributed by atoms with Crippen molar-refractivity contribution in [3.05, 3.63) is 28.6 Å². The van der Waals surface area contributed by atoms with E-state index in [-0.39, 0.29) is 11.9 Å². The summed E-state index contributed by atoms with van der Waals surface area (Å²) in [6.07, 6.45) is 1.77. The molecule has 0 saturated carbocycles. The molecule has 0 unspecified atom stereocenters. The molecule has 0 radical (unpaired) electrons. The lowest BCUT2D eigenvalue weighted by Crippen LogP contribution is -2.41. The Hall–Kier alpha value is -1.46. The molecule has 0 bridgehead atoms. The van der Waals surface area contributed by atoms with Gasteiger partial charge in [0.1, 0.15) is 0 Å². The van der Waals surface area contributed by atoms with Crippen molar-refractivity contribution < 1.29 is 9.53 Å². The van der Waals surface area contributed by atoms with Crippen molar-refractivity contribution in [1.29, 1.82) is 0 Å². The maximum absolute atomic E-state index is 11.6. The highest BCUT2D eigenvalue weighted by atomic mass is 16.5. The van der Waals surface area contributed by atoms with Crippen molar-refractivity contribution in [3.63, 3.8) is 0 Å². The van der Waals surface area contributed by atoms with E-state index < -0.39 is 0 Å². The van der Waals surface area contributed by atoms with Crippen LogP contribution in [0.3, 0.4) is 0 Å². The van der Waals surface area contributed by atoms with Crippen LogP contribution in [0.2, 0.25) is 0 Å². The summed E-state index contributed by atoms with van der Waals surface area (Å²) in [7, 11) is 1.48. The van der Waals surface area contributed by atoms with E-state index in [0.717, 1.165) is 51.3 Å². The lowest BCUT2D eigenvalue weighted by molar-refractivity contribution is -0.147. The highest BCUT2D eigenvalue weighted by molar-refractivity contribution is 5.72. The fourth-order valence-corrected chi connectivity index (χ4v) is 3.83. The van der Waals surface area contributed by atoms with Crippen LogP contribution < -0.4 is 5.32 Å². The Kier molecular flexibility index (Phi) is 4.97. The third kappa shape index (κ3) is 3.56. The molecule has 126 valence electrons. The van der Waals surface area contributed by atoms with Gasteiger partial charge < -0.3 is 10.1 Å². The third-order valence-electron chi connectivity index (χ3n) is 5.21. The summed E-state index contributed by atoms with van der Waals surface area (Å²) in [5.41, 5.74) is 5.11. The molecule has 1 aromatic heterocycles. The van der Waals surface area contributed by atoms with Gasteiger partial charge in [-0.05, 0) is 57.0 Å². The molecule has 0 spiro atoms. The summed E-state index contributed by atoms with van der Waals surface area (Å²) < 4.78 is 4.85. The number of likely N-dealkylation sites (tertiary alicyclic amines) is 1. The van der Waals surface area contributed by atoms with Crippen LogP contribution in [0.1, 0.15) is 41.3 Å². The first-order valence-electron chi connectivity index (χ1n) is 8.56. The Morgan fingerprint density at radius 1 is 1.35 bits per heavy atom. The average molecular weight is 317 g/mol. The number of carbonyl (C=O) groups excluding carboxylic acids is 1. The van der Waals surface area contributed by atoms with Gasteiger partial charge in [-0.1, -0.05) is 0 Å². The Labute approximate surface area is 138 Å². The van der Waals surface area contributed by atoms with Crippen molar-refractivity contribution in [2.45, 2.75) is 39.2 Å². The Bertz CT molecular complexity index is 553. The van der Waals surface area contributed by atoms with Crippen LogP contribution in [0.4, 0.5) is 0 Å². The van der Waals surface area contributed by atoms with Crippen molar-refractivity contribution in [2.75, 3.05) is 33.3 Å². The molecule has 1 aromatic rings. The van der Waals surface area contributed by atoms with Gasteiger partial charge in [0, 0.05) is 31.2 Å². The van der Waals surface area contributed by atoms with E-state index in [1.54, 1.807) is 0 Å². The number of hydrogen-bond donors (Lipinski definition) is 1. The zero-order chi connectivity index (χ0) is 16.4. The highest BCUT2D eigenvalue weighted by Gasteiger charge is 2.27. The van der Waals surface area contributed by atoms with E-state index >= 15 is 0 Å². The molecule has 5 heteroatoms. The Morgan fingerprint density at radius 3 is 2.57 bits per heavy atom. The number of hydrogen-bond acceptors (Lipinski definition) is 5. The number of nitrogens with one attached hydrogen (secondary N) is 1. The first-order valence-corrected chi connectivity index (χ1v) is 8.56. The van der Waals surface area contributed by atoms with Gasteiger partial charge >= 0.3 is 5.97 Å². The van der Waals surface area contributed by atoms with Crippen molar-refractivity contribution in [3.8, 4) is 0 Å². The molecule has 0 amide bonds. The summed E-state index contributed by atoms with van der Waals surface area (Å²) in [4.78, 5) is 18.8. The number of esters is 1. The largest absolute Gasteiger partial charge is 0.469 e. The van der Waals surface area contributed by atoms with Gasteiger partial charge in [0.25, 0.3) is 0 Å². The monoisotopic (exact) mass is 317 g/mol. The molecule has 23 heavy (non-hydrogen) atoms. The van der Waals surface area contributed by atoms with Crippen LogP contribution in [-0.2, 0) is 16.1 Å². The number of carbonyl (C=O) groups is 1. The van der Waals surface area contributed by atoms with E-state index in [1.165, 1.54) is 23.9 Å². The van der Waals surface area contributed by atoms with Gasteiger partial charge in [-0.25, -0.2) is 0 Å². The molecule has 0 aromatic carbocycles. The first kappa shape index (κ1) is 16.4. The second kappa shape index (κ2) is 6.97. The zero-order valence-corrected chi connectivity index (χ0v) is 14.4. The molecule has 0 aliphatic carbocycles. The fraction of sp³-hybridized carbons (Fsp3) is 0.667. The molecule has 3 rings (SSSR count). The van der Waals surface area contributed by atoms with Crippen LogP contribution in [0.15, 0.2) is 6.07 Å². The molecule has 0 atom stereocenters. The number of pyridine rings is 1. The number of ether oxygens (including phenoxy) is 1. The predicted molar refractivity (Wildman–Crippen MR) is 89.3 cm³/mol. The van der Waals surface area contributed by atoms with Gasteiger partial charge in [0.05, 0.1) is 18.7 Å². The fourth-order valence-electron chi connectivity index (χ4n) is 3.83. The lowest BCUT2D eigenvalue weighted by atomic mass is 9.89. The average Bonchev–Trinajstić information content (AvgIpc) is 2.49. The summed E-state index contributed by atoms with van der Waals surface area (Å²) in [5.74, 6) is 0.640. The van der Waals surface area contributed by atoms with Crippen molar-refractivity contribution in [1.82, 2.24) is 15.2 Å². The quantitative estimate of drug-likeness (QED) is 0.858. The van der Waals surface area contributed by atoms with Crippen molar-refractivity contribution >= 4 is 5.97 Å². The van der Waals surface area contributed by atoms with Gasteiger partial charge in [0.15, 0.2) is 0 Å². The minimum absolute atomic E-state index is 0.0621. The van der Waals surface area contributed by atoms with Gasteiger partial charge in [-0.15, -0.1) is 0 Å². The van der Waals surface area contributed by atoms with Gasteiger partial charge in [-0.2, -0.15) is 0 Å². The maximum atomic E-state index is 11.6. The first-order chi connectivity index (χ1) is 11.1. The van der Waals surface area contributed by atoms with E-state index in [4.69, 9.17) is 9.72 Å². The summed E-state index contributed by atoms with van der Waals surface area (Å²) in [6, 6.07) is 2.24. The van der Waals surface area contributed by atoms with Crippen LogP contribution in [0, 0.1) is 19.8 Å². The summed E-state index contributed by atoms with van der Waals surface area (Å²) in [6.45, 7) is 9.23. The number of methoxy groups -OCH3 is 1. The molecule has 2 fully saturated rings. The van der Waals surface area contributed by atoms with Gasteiger partial charge in [0.2, 0.25) is 0 Å². The maximum Gasteiger partial charge on any atom is 0.308 e.